The van der Waals surface area contributed by atoms with Gasteiger partial charge in [0, 0.05) is 19.6 Å². The summed E-state index contributed by atoms with van der Waals surface area (Å²) in [6.07, 6.45) is 0. The quantitative estimate of drug-likeness (QED) is 0.648. The summed E-state index contributed by atoms with van der Waals surface area (Å²) in [5, 5.41) is 10.8. The van der Waals surface area contributed by atoms with Gasteiger partial charge in [-0.1, -0.05) is 12.1 Å². The summed E-state index contributed by atoms with van der Waals surface area (Å²) in [6, 6.07) is 10.4. The third-order valence-corrected chi connectivity index (χ3v) is 5.45. The summed E-state index contributed by atoms with van der Waals surface area (Å²) in [5.74, 6) is 1.15. The molecule has 1 aromatic heterocycles. The Morgan fingerprint density at radius 1 is 1.18 bits per heavy atom. The van der Waals surface area contributed by atoms with Crippen molar-refractivity contribution < 1.29 is 19.0 Å². The molecule has 0 radical (unpaired) electrons. The molecule has 0 unspecified atom stereocenters. The highest BCUT2D eigenvalue weighted by Crippen LogP contribution is 2.33. The molecule has 28 heavy (non-hydrogen) atoms. The van der Waals surface area contributed by atoms with Gasteiger partial charge in [-0.15, -0.1) is 0 Å². The Hall–Kier alpha value is -2.35. The number of halogens is 1. The fourth-order valence-electron chi connectivity index (χ4n) is 3.29. The molecule has 1 saturated heterocycles. The van der Waals surface area contributed by atoms with Crippen molar-refractivity contribution in [2.24, 2.45) is 0 Å². The number of phenolic OH excluding ortho intramolecular Hbond substituents is 1. The first-order valence-electron chi connectivity index (χ1n) is 9.05. The highest BCUT2D eigenvalue weighted by molar-refractivity contribution is 9.10. The van der Waals surface area contributed by atoms with Crippen LogP contribution in [0.5, 0.6) is 17.2 Å². The lowest BCUT2D eigenvalue weighted by atomic mass is 10.1. The second-order valence-corrected chi connectivity index (χ2v) is 7.53. The van der Waals surface area contributed by atoms with Crippen LogP contribution in [-0.2, 0) is 11.3 Å². The molecule has 0 amide bonds. The van der Waals surface area contributed by atoms with Gasteiger partial charge < -0.3 is 19.0 Å². The number of phenols is 1. The third kappa shape index (κ3) is 3.65. The number of benzene rings is 2. The second kappa shape index (κ2) is 7.95. The molecule has 1 fully saturated rings. The molecule has 2 heterocycles. The van der Waals surface area contributed by atoms with Gasteiger partial charge in [0.25, 0.3) is 0 Å². The molecule has 0 aliphatic carbocycles. The maximum absolute atomic E-state index is 13.1. The van der Waals surface area contributed by atoms with E-state index in [0.717, 1.165) is 17.6 Å². The largest absolute Gasteiger partial charge is 0.507 e. The van der Waals surface area contributed by atoms with E-state index >= 15 is 0 Å². The van der Waals surface area contributed by atoms with E-state index in [1.54, 1.807) is 19.1 Å². The van der Waals surface area contributed by atoms with Crippen LogP contribution in [0, 0.1) is 6.92 Å². The lowest BCUT2D eigenvalue weighted by Crippen LogP contribution is -2.35. The first-order valence-corrected chi connectivity index (χ1v) is 9.84. The van der Waals surface area contributed by atoms with Crippen LogP contribution in [0.2, 0.25) is 0 Å². The summed E-state index contributed by atoms with van der Waals surface area (Å²) in [7, 11) is 0. The van der Waals surface area contributed by atoms with E-state index in [4.69, 9.17) is 13.9 Å². The fraction of sp³-hybridized carbons (Fsp3) is 0.286. The molecular formula is C21H20BrNO5. The number of hydrogen-bond acceptors (Lipinski definition) is 6. The summed E-state index contributed by atoms with van der Waals surface area (Å²) in [6.45, 7) is 5.01. The number of aromatic hydroxyl groups is 1. The monoisotopic (exact) mass is 445 g/mol. The molecule has 146 valence electrons. The van der Waals surface area contributed by atoms with Crippen LogP contribution in [0.25, 0.3) is 11.0 Å². The number of ether oxygens (including phenoxy) is 2. The van der Waals surface area contributed by atoms with E-state index in [9.17, 15) is 9.90 Å². The summed E-state index contributed by atoms with van der Waals surface area (Å²) in [4.78, 5) is 15.3. The maximum atomic E-state index is 13.1. The topological polar surface area (TPSA) is 72.1 Å². The molecule has 3 aromatic rings. The minimum Gasteiger partial charge on any atom is -0.507 e. The van der Waals surface area contributed by atoms with Crippen LogP contribution in [0.4, 0.5) is 0 Å². The van der Waals surface area contributed by atoms with E-state index in [-0.39, 0.29) is 16.9 Å². The van der Waals surface area contributed by atoms with Crippen molar-refractivity contribution >= 4 is 26.9 Å². The molecule has 1 N–H and O–H groups in total. The molecule has 7 heteroatoms. The van der Waals surface area contributed by atoms with Crippen LogP contribution in [0.1, 0.15) is 11.3 Å². The predicted octanol–water partition coefficient (Wildman–Crippen LogP) is 4.19. The van der Waals surface area contributed by atoms with Crippen LogP contribution >= 0.6 is 15.9 Å². The minimum atomic E-state index is -0.266. The van der Waals surface area contributed by atoms with Crippen molar-refractivity contribution in [1.29, 1.82) is 0 Å². The molecule has 0 atom stereocenters. The molecule has 6 nitrogen and oxygen atoms in total. The maximum Gasteiger partial charge on any atom is 0.235 e. The van der Waals surface area contributed by atoms with Gasteiger partial charge in [0.2, 0.25) is 11.2 Å². The molecule has 0 saturated carbocycles. The van der Waals surface area contributed by atoms with E-state index in [0.29, 0.717) is 47.8 Å². The van der Waals surface area contributed by atoms with Gasteiger partial charge in [-0.3, -0.25) is 9.69 Å². The van der Waals surface area contributed by atoms with Gasteiger partial charge in [-0.25, -0.2) is 0 Å². The van der Waals surface area contributed by atoms with Gasteiger partial charge >= 0.3 is 0 Å². The van der Waals surface area contributed by atoms with Crippen LogP contribution in [-0.4, -0.2) is 36.3 Å². The van der Waals surface area contributed by atoms with E-state index in [1.807, 2.05) is 18.2 Å². The van der Waals surface area contributed by atoms with Crippen molar-refractivity contribution in [3.63, 3.8) is 0 Å². The van der Waals surface area contributed by atoms with Crippen molar-refractivity contribution in [2.45, 2.75) is 13.5 Å². The first-order chi connectivity index (χ1) is 13.5. The molecule has 4 rings (SSSR count). The molecule has 1 aliphatic rings. The van der Waals surface area contributed by atoms with Crippen molar-refractivity contribution in [2.75, 3.05) is 26.3 Å². The number of morpholine rings is 1. The second-order valence-electron chi connectivity index (χ2n) is 6.68. The average molecular weight is 446 g/mol. The summed E-state index contributed by atoms with van der Waals surface area (Å²) < 4.78 is 18.0. The molecule has 0 spiro atoms. The zero-order valence-corrected chi connectivity index (χ0v) is 17.0. The Morgan fingerprint density at radius 3 is 2.68 bits per heavy atom. The Labute approximate surface area is 170 Å². The highest BCUT2D eigenvalue weighted by Gasteiger charge is 2.21. The molecule has 2 aromatic carbocycles. The normalized spacial score (nSPS) is 15.1. The Balaban J connectivity index is 1.78. The van der Waals surface area contributed by atoms with Crippen molar-refractivity contribution in [3.05, 3.63) is 62.4 Å². The average Bonchev–Trinajstić information content (AvgIpc) is 2.69. The lowest BCUT2D eigenvalue weighted by molar-refractivity contribution is 0.0339. The number of hydrogen-bond donors (Lipinski definition) is 1. The number of para-hydroxylation sites is 1. The van der Waals surface area contributed by atoms with Gasteiger partial charge in [0.05, 0.1) is 28.6 Å². The Bertz CT molecular complexity index is 1070. The Kier molecular flexibility index (Phi) is 5.39. The molecule has 0 bridgehead atoms. The first kappa shape index (κ1) is 19.0. The Morgan fingerprint density at radius 2 is 1.93 bits per heavy atom. The van der Waals surface area contributed by atoms with E-state index in [2.05, 4.69) is 20.8 Å². The van der Waals surface area contributed by atoms with Gasteiger partial charge in [0.15, 0.2) is 0 Å². The lowest BCUT2D eigenvalue weighted by Gasteiger charge is -2.27. The summed E-state index contributed by atoms with van der Waals surface area (Å²) in [5.41, 5.74) is 0.734. The van der Waals surface area contributed by atoms with Crippen molar-refractivity contribution in [1.82, 2.24) is 4.90 Å². The summed E-state index contributed by atoms with van der Waals surface area (Å²) >= 11 is 3.42. The van der Waals surface area contributed by atoms with Crippen LogP contribution < -0.4 is 10.2 Å². The SMILES string of the molecule is Cc1oc2c(CN3CCOCC3)c(O)ccc2c(=O)c1Oc1ccccc1Br. The van der Waals surface area contributed by atoms with E-state index in [1.165, 1.54) is 6.07 Å². The number of rotatable bonds is 4. The molecular weight excluding hydrogens is 426 g/mol. The van der Waals surface area contributed by atoms with Crippen LogP contribution in [0.15, 0.2) is 50.1 Å². The van der Waals surface area contributed by atoms with Gasteiger partial charge in [-0.05, 0) is 47.1 Å². The highest BCUT2D eigenvalue weighted by atomic mass is 79.9. The number of nitrogens with zero attached hydrogens (tertiary/aromatic N) is 1. The third-order valence-electron chi connectivity index (χ3n) is 4.80. The van der Waals surface area contributed by atoms with Crippen LogP contribution in [0.3, 0.4) is 0 Å². The minimum absolute atomic E-state index is 0.112. The fourth-order valence-corrected chi connectivity index (χ4v) is 3.65. The smallest absolute Gasteiger partial charge is 0.235 e. The van der Waals surface area contributed by atoms with E-state index < -0.39 is 0 Å². The zero-order chi connectivity index (χ0) is 19.7. The number of aryl methyl sites for hydroxylation is 1. The van der Waals surface area contributed by atoms with Gasteiger partial charge in [0.1, 0.15) is 22.8 Å². The number of fused-ring (bicyclic) bond motifs is 1. The van der Waals surface area contributed by atoms with Gasteiger partial charge in [-0.2, -0.15) is 0 Å². The zero-order valence-electron chi connectivity index (χ0n) is 15.4. The predicted molar refractivity (Wildman–Crippen MR) is 109 cm³/mol. The molecule has 1 aliphatic heterocycles. The standard InChI is InChI=1S/C21H20BrNO5/c1-13-20(28-18-5-3-2-4-16(18)22)19(25)14-6-7-17(24)15(21(14)27-13)12-23-8-10-26-11-9-23/h2-7,24H,8-12H2,1H3. The van der Waals surface area contributed by atoms with Crippen molar-refractivity contribution in [3.8, 4) is 17.2 Å².